The van der Waals surface area contributed by atoms with Crippen molar-refractivity contribution in [3.8, 4) is 5.75 Å². The van der Waals surface area contributed by atoms with Crippen LogP contribution >= 0.6 is 15.9 Å². The highest BCUT2D eigenvalue weighted by Gasteiger charge is 2.47. The standard InChI is InChI=1S/C22H19BrO6/c23-15-9-22(27,16-10-28-5-6-29-16)8-11-7-14-18(21(26)17(11)15)20(25)13-4-2-1-3-12(13)19(14)24/h1-4,7,15-16,26-27H,5-6,8-10H2. The van der Waals surface area contributed by atoms with E-state index in [9.17, 15) is 19.8 Å². The number of benzene rings is 2. The summed E-state index contributed by atoms with van der Waals surface area (Å²) in [5, 5.41) is 22.3. The number of carbonyl (C=O) groups is 2. The average Bonchev–Trinajstić information content (AvgIpc) is 2.72. The molecular weight excluding hydrogens is 440 g/mol. The third-order valence-electron chi connectivity index (χ3n) is 6.07. The molecule has 0 radical (unpaired) electrons. The summed E-state index contributed by atoms with van der Waals surface area (Å²) in [5.74, 6) is -0.846. The van der Waals surface area contributed by atoms with Crippen molar-refractivity contribution in [2.24, 2.45) is 0 Å². The summed E-state index contributed by atoms with van der Waals surface area (Å²) in [6.07, 6.45) is -0.0118. The number of hydrogen-bond acceptors (Lipinski definition) is 6. The molecule has 1 saturated heterocycles. The van der Waals surface area contributed by atoms with E-state index in [-0.39, 0.29) is 41.5 Å². The number of fused-ring (bicyclic) bond motifs is 3. The second kappa shape index (κ2) is 6.74. The molecule has 2 aromatic carbocycles. The molecule has 2 aromatic rings. The predicted octanol–water partition coefficient (Wildman–Crippen LogP) is 2.70. The molecular formula is C22H19BrO6. The molecule has 7 heteroatoms. The van der Waals surface area contributed by atoms with E-state index >= 15 is 0 Å². The van der Waals surface area contributed by atoms with Gasteiger partial charge in [-0.15, -0.1) is 0 Å². The van der Waals surface area contributed by atoms with E-state index in [1.54, 1.807) is 30.3 Å². The van der Waals surface area contributed by atoms with Gasteiger partial charge in [-0.1, -0.05) is 40.2 Å². The fourth-order valence-electron chi connectivity index (χ4n) is 4.66. The summed E-state index contributed by atoms with van der Waals surface area (Å²) in [6.45, 7) is 1.19. The van der Waals surface area contributed by atoms with Crippen molar-refractivity contribution in [3.05, 3.63) is 63.7 Å². The third-order valence-corrected chi connectivity index (χ3v) is 6.85. The molecule has 0 spiro atoms. The number of halogens is 1. The van der Waals surface area contributed by atoms with Crippen molar-refractivity contribution >= 4 is 27.5 Å². The Morgan fingerprint density at radius 2 is 1.79 bits per heavy atom. The van der Waals surface area contributed by atoms with Crippen LogP contribution in [0.2, 0.25) is 0 Å². The Morgan fingerprint density at radius 3 is 2.48 bits per heavy atom. The van der Waals surface area contributed by atoms with E-state index in [4.69, 9.17) is 9.47 Å². The smallest absolute Gasteiger partial charge is 0.198 e. The van der Waals surface area contributed by atoms with Gasteiger partial charge in [-0.25, -0.2) is 0 Å². The first kappa shape index (κ1) is 18.9. The Balaban J connectivity index is 1.64. The number of alkyl halides is 1. The average molecular weight is 459 g/mol. The summed E-state index contributed by atoms with van der Waals surface area (Å²) < 4.78 is 11.2. The van der Waals surface area contributed by atoms with Crippen molar-refractivity contribution in [2.45, 2.75) is 29.4 Å². The highest BCUT2D eigenvalue weighted by atomic mass is 79.9. The van der Waals surface area contributed by atoms with Gasteiger partial charge in [0.25, 0.3) is 0 Å². The number of aliphatic hydroxyl groups is 1. The molecule has 5 rings (SSSR count). The third kappa shape index (κ3) is 2.79. The van der Waals surface area contributed by atoms with Crippen molar-refractivity contribution in [1.29, 1.82) is 0 Å². The maximum absolute atomic E-state index is 13.1. The normalized spacial score (nSPS) is 28.5. The van der Waals surface area contributed by atoms with Crippen LogP contribution in [-0.4, -0.2) is 53.3 Å². The lowest BCUT2D eigenvalue weighted by Gasteiger charge is -2.43. The molecule has 6 nitrogen and oxygen atoms in total. The molecule has 3 unspecified atom stereocenters. The second-order valence-corrected chi connectivity index (χ2v) is 8.92. The summed E-state index contributed by atoms with van der Waals surface area (Å²) in [6, 6.07) is 8.27. The van der Waals surface area contributed by atoms with E-state index in [0.717, 1.165) is 0 Å². The van der Waals surface area contributed by atoms with Gasteiger partial charge in [0.2, 0.25) is 0 Å². The van der Waals surface area contributed by atoms with Gasteiger partial charge in [-0.2, -0.15) is 0 Å². The molecule has 2 N–H and O–H groups in total. The van der Waals surface area contributed by atoms with Crippen LogP contribution in [0, 0.1) is 0 Å². The number of hydrogen-bond donors (Lipinski definition) is 2. The number of rotatable bonds is 1. The van der Waals surface area contributed by atoms with Crippen LogP contribution in [0.1, 0.15) is 54.2 Å². The number of ketones is 2. The van der Waals surface area contributed by atoms with Crippen molar-refractivity contribution in [1.82, 2.24) is 0 Å². The Bertz CT molecular complexity index is 1040. The van der Waals surface area contributed by atoms with Gasteiger partial charge in [0, 0.05) is 33.5 Å². The van der Waals surface area contributed by atoms with Gasteiger partial charge in [-0.05, 0) is 18.1 Å². The van der Waals surface area contributed by atoms with Crippen LogP contribution in [0.4, 0.5) is 0 Å². The van der Waals surface area contributed by atoms with E-state index in [1.165, 1.54) is 0 Å². The summed E-state index contributed by atoms with van der Waals surface area (Å²) in [7, 11) is 0. The molecule has 3 aliphatic rings. The minimum Gasteiger partial charge on any atom is -0.507 e. The van der Waals surface area contributed by atoms with Gasteiger partial charge < -0.3 is 19.7 Å². The Kier molecular flexibility index (Phi) is 4.40. The fourth-order valence-corrected chi connectivity index (χ4v) is 5.73. The van der Waals surface area contributed by atoms with Crippen LogP contribution < -0.4 is 0 Å². The molecule has 3 atom stereocenters. The lowest BCUT2D eigenvalue weighted by Crippen LogP contribution is -2.53. The number of aromatic hydroxyl groups is 1. The van der Waals surface area contributed by atoms with Gasteiger partial charge in [0.15, 0.2) is 11.6 Å². The zero-order valence-electron chi connectivity index (χ0n) is 15.5. The van der Waals surface area contributed by atoms with Crippen LogP contribution in [-0.2, 0) is 15.9 Å². The Labute approximate surface area is 175 Å². The van der Waals surface area contributed by atoms with Gasteiger partial charge in [0.1, 0.15) is 11.9 Å². The zero-order chi connectivity index (χ0) is 20.3. The molecule has 0 saturated carbocycles. The van der Waals surface area contributed by atoms with Gasteiger partial charge in [-0.3, -0.25) is 9.59 Å². The van der Waals surface area contributed by atoms with Crippen LogP contribution in [0.25, 0.3) is 0 Å². The minimum absolute atomic E-state index is 0.0413. The molecule has 150 valence electrons. The van der Waals surface area contributed by atoms with Gasteiger partial charge in [0.05, 0.1) is 31.0 Å². The first-order valence-corrected chi connectivity index (χ1v) is 10.5. The van der Waals surface area contributed by atoms with Crippen molar-refractivity contribution < 1.29 is 29.3 Å². The fraction of sp³-hybridized carbons (Fsp3) is 0.364. The molecule has 0 bridgehead atoms. The SMILES string of the molecule is O=C1c2ccccc2C(=O)c2c1cc1c(c2O)C(Br)CC(O)(C2COCCO2)C1. The molecule has 1 heterocycles. The summed E-state index contributed by atoms with van der Waals surface area (Å²) in [4.78, 5) is 25.7. The number of phenolic OH excluding ortho intramolecular Hbond substituents is 1. The molecule has 0 aromatic heterocycles. The molecule has 1 aliphatic heterocycles. The summed E-state index contributed by atoms with van der Waals surface area (Å²) >= 11 is 3.56. The first-order valence-electron chi connectivity index (χ1n) is 9.53. The maximum Gasteiger partial charge on any atom is 0.198 e. The van der Waals surface area contributed by atoms with Crippen LogP contribution in [0.5, 0.6) is 5.75 Å². The van der Waals surface area contributed by atoms with Crippen molar-refractivity contribution in [3.63, 3.8) is 0 Å². The molecule has 1 fully saturated rings. The van der Waals surface area contributed by atoms with E-state index in [2.05, 4.69) is 15.9 Å². The van der Waals surface area contributed by atoms with Crippen LogP contribution in [0.15, 0.2) is 30.3 Å². The Morgan fingerprint density at radius 1 is 1.07 bits per heavy atom. The quantitative estimate of drug-likeness (QED) is 0.544. The zero-order valence-corrected chi connectivity index (χ0v) is 17.1. The molecule has 29 heavy (non-hydrogen) atoms. The highest BCUT2D eigenvalue weighted by molar-refractivity contribution is 9.09. The lowest BCUT2D eigenvalue weighted by atomic mass is 9.73. The lowest BCUT2D eigenvalue weighted by molar-refractivity contribution is -0.178. The Hall–Kier alpha value is -2.06. The largest absolute Gasteiger partial charge is 0.507 e. The summed E-state index contributed by atoms with van der Waals surface area (Å²) in [5.41, 5.74) is 0.815. The van der Waals surface area contributed by atoms with Crippen molar-refractivity contribution in [2.75, 3.05) is 19.8 Å². The molecule has 0 amide bonds. The number of ether oxygens (including phenoxy) is 2. The van der Waals surface area contributed by atoms with Gasteiger partial charge >= 0.3 is 0 Å². The number of carbonyl (C=O) groups excluding carboxylic acids is 2. The topological polar surface area (TPSA) is 93.1 Å². The number of phenols is 1. The highest BCUT2D eigenvalue weighted by Crippen LogP contribution is 2.49. The van der Waals surface area contributed by atoms with E-state index < -0.39 is 16.5 Å². The monoisotopic (exact) mass is 458 g/mol. The predicted molar refractivity (Wildman–Crippen MR) is 107 cm³/mol. The second-order valence-electron chi connectivity index (χ2n) is 7.81. The molecule has 2 aliphatic carbocycles. The minimum atomic E-state index is -1.21. The van der Waals surface area contributed by atoms with E-state index in [1.807, 2.05) is 0 Å². The maximum atomic E-state index is 13.1. The van der Waals surface area contributed by atoms with E-state index in [0.29, 0.717) is 41.9 Å². The van der Waals surface area contributed by atoms with Crippen LogP contribution in [0.3, 0.4) is 0 Å². The first-order chi connectivity index (χ1) is 13.9.